The zero-order valence-corrected chi connectivity index (χ0v) is 18.9. The van der Waals surface area contributed by atoms with Gasteiger partial charge in [-0.1, -0.05) is 5.16 Å². The molecular formula is C23H25N5O3S. The highest BCUT2D eigenvalue weighted by Gasteiger charge is 2.23. The first-order valence-corrected chi connectivity index (χ1v) is 11.0. The molecule has 0 aliphatic carbocycles. The maximum Gasteiger partial charge on any atom is 0.246 e. The second-order valence-electron chi connectivity index (χ2n) is 7.43. The van der Waals surface area contributed by atoms with Crippen LogP contribution in [-0.2, 0) is 11.3 Å². The molecule has 0 spiro atoms. The summed E-state index contributed by atoms with van der Waals surface area (Å²) in [6.07, 6.45) is 1.52. The van der Waals surface area contributed by atoms with Crippen LogP contribution in [0.1, 0.15) is 31.2 Å². The van der Waals surface area contributed by atoms with E-state index in [4.69, 9.17) is 21.5 Å². The van der Waals surface area contributed by atoms with E-state index in [-0.39, 0.29) is 5.91 Å². The van der Waals surface area contributed by atoms with E-state index < -0.39 is 0 Å². The highest BCUT2D eigenvalue weighted by molar-refractivity contribution is 7.80. The van der Waals surface area contributed by atoms with Crippen LogP contribution >= 0.6 is 12.2 Å². The quantitative estimate of drug-likeness (QED) is 0.520. The molecule has 0 bridgehead atoms. The summed E-state index contributed by atoms with van der Waals surface area (Å²) < 4.78 is 10.8. The number of anilines is 2. The van der Waals surface area contributed by atoms with Gasteiger partial charge in [-0.15, -0.1) is 0 Å². The Bertz CT molecular complexity index is 1110. The van der Waals surface area contributed by atoms with Crippen molar-refractivity contribution in [2.45, 2.75) is 33.2 Å². The maximum atomic E-state index is 12.0. The number of carbonyl (C=O) groups is 1. The second kappa shape index (κ2) is 9.78. The van der Waals surface area contributed by atoms with Crippen LogP contribution in [0.4, 0.5) is 11.4 Å². The standard InChI is InChI=1S/C23H25N5O3S/c1-3-30-18-9-6-16(7-10-18)22-26-20(31-27-22)14-24-23(32)25-17-8-11-19(15(2)13-17)28-12-4-5-21(28)29/h6-11,13H,3-5,12,14H2,1-2H3,(H2,24,25,32). The summed E-state index contributed by atoms with van der Waals surface area (Å²) in [6.45, 7) is 5.62. The molecule has 2 heterocycles. The monoisotopic (exact) mass is 451 g/mol. The molecule has 1 aromatic heterocycles. The number of carbonyl (C=O) groups excluding carboxylic acids is 1. The van der Waals surface area contributed by atoms with Gasteiger partial charge >= 0.3 is 0 Å². The summed E-state index contributed by atoms with van der Waals surface area (Å²) in [6, 6.07) is 13.4. The smallest absolute Gasteiger partial charge is 0.246 e. The molecule has 2 aromatic carbocycles. The summed E-state index contributed by atoms with van der Waals surface area (Å²) in [5, 5.41) is 10.7. The molecule has 1 amide bonds. The van der Waals surface area contributed by atoms with E-state index in [1.165, 1.54) is 0 Å². The molecule has 0 saturated carbocycles. The lowest BCUT2D eigenvalue weighted by Gasteiger charge is -2.19. The van der Waals surface area contributed by atoms with Crippen LogP contribution in [0, 0.1) is 6.92 Å². The van der Waals surface area contributed by atoms with E-state index >= 15 is 0 Å². The van der Waals surface area contributed by atoms with Crippen LogP contribution in [0.2, 0.25) is 0 Å². The van der Waals surface area contributed by atoms with Gasteiger partial charge in [-0.25, -0.2) is 0 Å². The minimum atomic E-state index is 0.176. The fraction of sp³-hybridized carbons (Fsp3) is 0.304. The Balaban J connectivity index is 1.31. The zero-order chi connectivity index (χ0) is 22.5. The van der Waals surface area contributed by atoms with Gasteiger partial charge in [0.25, 0.3) is 0 Å². The van der Waals surface area contributed by atoms with Crippen LogP contribution in [-0.4, -0.2) is 34.3 Å². The normalized spacial score (nSPS) is 13.3. The third-order valence-corrected chi connectivity index (χ3v) is 5.36. The van der Waals surface area contributed by atoms with Crippen molar-refractivity contribution in [3.8, 4) is 17.1 Å². The number of hydrogen-bond acceptors (Lipinski definition) is 6. The largest absolute Gasteiger partial charge is 0.494 e. The van der Waals surface area contributed by atoms with Crippen molar-refractivity contribution in [2.24, 2.45) is 0 Å². The van der Waals surface area contributed by atoms with Crippen LogP contribution in [0.3, 0.4) is 0 Å². The van der Waals surface area contributed by atoms with Gasteiger partial charge in [0.05, 0.1) is 13.2 Å². The summed E-state index contributed by atoms with van der Waals surface area (Å²) in [4.78, 5) is 18.2. The van der Waals surface area contributed by atoms with Gasteiger partial charge in [-0.05, 0) is 80.5 Å². The number of ether oxygens (including phenoxy) is 1. The van der Waals surface area contributed by atoms with Gasteiger partial charge in [0.2, 0.25) is 17.6 Å². The van der Waals surface area contributed by atoms with Crippen molar-refractivity contribution in [1.29, 1.82) is 0 Å². The minimum Gasteiger partial charge on any atom is -0.494 e. The highest BCUT2D eigenvalue weighted by Crippen LogP contribution is 2.27. The Hall–Kier alpha value is -3.46. The highest BCUT2D eigenvalue weighted by atomic mass is 32.1. The zero-order valence-electron chi connectivity index (χ0n) is 18.1. The summed E-state index contributed by atoms with van der Waals surface area (Å²) in [5.41, 5.74) is 3.65. The molecule has 1 aliphatic rings. The van der Waals surface area contributed by atoms with E-state index in [2.05, 4.69) is 20.8 Å². The summed E-state index contributed by atoms with van der Waals surface area (Å²) >= 11 is 5.39. The van der Waals surface area contributed by atoms with Crippen LogP contribution < -0.4 is 20.3 Å². The number of thiocarbonyl (C=S) groups is 1. The Morgan fingerprint density at radius 1 is 1.25 bits per heavy atom. The van der Waals surface area contributed by atoms with Crippen molar-refractivity contribution in [3.63, 3.8) is 0 Å². The van der Waals surface area contributed by atoms with Crippen LogP contribution in [0.25, 0.3) is 11.4 Å². The number of hydrogen-bond donors (Lipinski definition) is 2. The fourth-order valence-electron chi connectivity index (χ4n) is 3.58. The molecule has 9 heteroatoms. The third kappa shape index (κ3) is 5.05. The maximum absolute atomic E-state index is 12.0. The number of aromatic nitrogens is 2. The lowest BCUT2D eigenvalue weighted by molar-refractivity contribution is -0.117. The number of amides is 1. The van der Waals surface area contributed by atoms with Crippen LogP contribution in [0.15, 0.2) is 47.0 Å². The van der Waals surface area contributed by atoms with E-state index in [9.17, 15) is 4.79 Å². The summed E-state index contributed by atoms with van der Waals surface area (Å²) in [5.74, 6) is 1.91. The Morgan fingerprint density at radius 3 is 2.75 bits per heavy atom. The van der Waals surface area contributed by atoms with E-state index in [1.807, 2.05) is 61.2 Å². The summed E-state index contributed by atoms with van der Waals surface area (Å²) in [7, 11) is 0. The third-order valence-electron chi connectivity index (χ3n) is 5.11. The van der Waals surface area contributed by atoms with Crippen molar-refractivity contribution < 1.29 is 14.1 Å². The molecule has 4 rings (SSSR count). The Labute approximate surface area is 192 Å². The van der Waals surface area contributed by atoms with Crippen molar-refractivity contribution >= 4 is 34.6 Å². The molecule has 32 heavy (non-hydrogen) atoms. The topological polar surface area (TPSA) is 92.5 Å². The SMILES string of the molecule is CCOc1ccc(-c2noc(CNC(=S)Nc3ccc(N4CCCC4=O)c(C)c3)n2)cc1. The Morgan fingerprint density at radius 2 is 2.06 bits per heavy atom. The van der Waals surface area contributed by atoms with Crippen molar-refractivity contribution in [2.75, 3.05) is 23.4 Å². The molecule has 3 aromatic rings. The number of nitrogens with zero attached hydrogens (tertiary/aromatic N) is 3. The van der Waals surface area contributed by atoms with Gasteiger partial charge in [0.1, 0.15) is 5.75 Å². The van der Waals surface area contributed by atoms with Crippen LogP contribution in [0.5, 0.6) is 5.75 Å². The van der Waals surface area contributed by atoms with E-state index in [0.29, 0.717) is 36.4 Å². The van der Waals surface area contributed by atoms with Gasteiger partial charge in [0, 0.05) is 29.9 Å². The lowest BCUT2D eigenvalue weighted by Crippen LogP contribution is -2.28. The van der Waals surface area contributed by atoms with Gasteiger partial charge in [-0.3, -0.25) is 4.79 Å². The van der Waals surface area contributed by atoms with Gasteiger partial charge in [0.15, 0.2) is 5.11 Å². The molecule has 1 saturated heterocycles. The molecule has 0 unspecified atom stereocenters. The molecule has 8 nitrogen and oxygen atoms in total. The first-order chi connectivity index (χ1) is 15.5. The minimum absolute atomic E-state index is 0.176. The Kier molecular flexibility index (Phi) is 6.65. The molecular weight excluding hydrogens is 426 g/mol. The molecule has 0 radical (unpaired) electrons. The molecule has 0 atom stereocenters. The number of aryl methyl sites for hydroxylation is 1. The van der Waals surface area contributed by atoms with Gasteiger partial charge < -0.3 is 24.8 Å². The van der Waals surface area contributed by atoms with E-state index in [0.717, 1.165) is 41.2 Å². The molecule has 166 valence electrons. The van der Waals surface area contributed by atoms with E-state index in [1.54, 1.807) is 0 Å². The van der Waals surface area contributed by atoms with Crippen molar-refractivity contribution in [3.05, 3.63) is 53.9 Å². The van der Waals surface area contributed by atoms with Crippen molar-refractivity contribution in [1.82, 2.24) is 15.5 Å². The average Bonchev–Trinajstić information content (AvgIpc) is 3.42. The first kappa shape index (κ1) is 21.8. The second-order valence-corrected chi connectivity index (χ2v) is 7.84. The fourth-order valence-corrected chi connectivity index (χ4v) is 3.77. The lowest BCUT2D eigenvalue weighted by atomic mass is 10.1. The predicted molar refractivity (Wildman–Crippen MR) is 127 cm³/mol. The van der Waals surface area contributed by atoms with Gasteiger partial charge in [-0.2, -0.15) is 4.98 Å². The molecule has 1 aliphatic heterocycles. The molecule has 2 N–H and O–H groups in total. The number of benzene rings is 2. The number of nitrogens with one attached hydrogen (secondary N) is 2. The molecule has 1 fully saturated rings. The predicted octanol–water partition coefficient (Wildman–Crippen LogP) is 4.06. The first-order valence-electron chi connectivity index (χ1n) is 10.5. The number of rotatable bonds is 7. The average molecular weight is 452 g/mol.